The van der Waals surface area contributed by atoms with Gasteiger partial charge in [-0.05, 0) is 68.9 Å². The molecule has 206 valence electrons. The van der Waals surface area contributed by atoms with Crippen molar-refractivity contribution in [3.05, 3.63) is 47.5 Å². The van der Waals surface area contributed by atoms with Crippen molar-refractivity contribution in [1.29, 1.82) is 0 Å². The van der Waals surface area contributed by atoms with Gasteiger partial charge in [-0.25, -0.2) is 13.2 Å². The van der Waals surface area contributed by atoms with E-state index in [0.717, 1.165) is 11.8 Å². The number of halogens is 3. The minimum Gasteiger partial charge on any atom is -0.465 e. The number of hydroxylamine groups is 2. The lowest BCUT2D eigenvalue weighted by molar-refractivity contribution is -0.266. The lowest BCUT2D eigenvalue weighted by Crippen LogP contribution is -2.70. The number of aliphatic hydroxyl groups excluding tert-OH is 1. The van der Waals surface area contributed by atoms with E-state index >= 15 is 8.78 Å². The molecule has 9 atom stereocenters. The lowest BCUT2D eigenvalue weighted by atomic mass is 9.44. The molecule has 2 heterocycles. The summed E-state index contributed by atoms with van der Waals surface area (Å²) in [4.78, 5) is 32.2. The highest BCUT2D eigenvalue weighted by Gasteiger charge is 2.79. The number of fused-ring (bicyclic) bond motifs is 7. The Balaban J connectivity index is 1.41. The molecule has 1 saturated heterocycles. The molecule has 0 bridgehead atoms. The molecule has 1 aliphatic heterocycles. The Morgan fingerprint density at radius 3 is 2.71 bits per heavy atom. The third-order valence-electron chi connectivity index (χ3n) is 10.3. The van der Waals surface area contributed by atoms with E-state index in [1.165, 1.54) is 12.2 Å². The predicted molar refractivity (Wildman–Crippen MR) is 134 cm³/mol. The molecule has 0 amide bonds. The maximum atomic E-state index is 17.4. The van der Waals surface area contributed by atoms with E-state index in [0.29, 0.717) is 30.5 Å². The van der Waals surface area contributed by atoms with Gasteiger partial charge >= 0.3 is 0 Å². The van der Waals surface area contributed by atoms with Gasteiger partial charge < -0.3 is 9.52 Å². The largest absolute Gasteiger partial charge is 0.465 e. The molecule has 1 aromatic heterocycles. The van der Waals surface area contributed by atoms with Crippen LogP contribution < -0.4 is 0 Å². The summed E-state index contributed by atoms with van der Waals surface area (Å²) in [7, 11) is 0. The van der Waals surface area contributed by atoms with Gasteiger partial charge in [0.15, 0.2) is 17.1 Å². The van der Waals surface area contributed by atoms with Crippen LogP contribution in [0.15, 0.2) is 40.4 Å². The molecule has 1 N–H and O–H groups in total. The summed E-state index contributed by atoms with van der Waals surface area (Å²) < 4.78 is 52.3. The number of allylic oxidation sites excluding steroid dienone is 4. The number of aliphatic hydroxyl groups is 1. The molecule has 5 aliphatic rings. The molecule has 0 radical (unpaired) electrons. The minimum atomic E-state index is -2.25. The van der Waals surface area contributed by atoms with Crippen molar-refractivity contribution in [1.82, 2.24) is 5.06 Å². The van der Waals surface area contributed by atoms with Crippen LogP contribution in [-0.4, -0.2) is 57.2 Å². The molecule has 0 aromatic carbocycles. The summed E-state index contributed by atoms with van der Waals surface area (Å²) in [5.41, 5.74) is -6.27. The van der Waals surface area contributed by atoms with Gasteiger partial charge in [-0.2, -0.15) is 5.06 Å². The third-order valence-corrected chi connectivity index (χ3v) is 11.0. The number of nitrogens with zero attached hydrogens (tertiary/aromatic N) is 1. The molecule has 6 nitrogen and oxygen atoms in total. The first-order valence-electron chi connectivity index (χ1n) is 13.1. The molecule has 0 spiro atoms. The minimum absolute atomic E-state index is 0.0551. The number of furan rings is 1. The summed E-state index contributed by atoms with van der Waals surface area (Å²) >= 11 is 0.522. The van der Waals surface area contributed by atoms with Gasteiger partial charge in [0.1, 0.15) is 23.7 Å². The van der Waals surface area contributed by atoms with Gasteiger partial charge in [-0.15, -0.1) is 0 Å². The number of hydrogen-bond acceptors (Lipinski definition) is 7. The average Bonchev–Trinajstić information content (AvgIpc) is 3.50. The molecule has 38 heavy (non-hydrogen) atoms. The highest BCUT2D eigenvalue weighted by Crippen LogP contribution is 2.73. The monoisotopic (exact) mass is 551 g/mol. The number of rotatable bonds is 4. The van der Waals surface area contributed by atoms with Crippen LogP contribution in [0.1, 0.15) is 44.6 Å². The number of hydrogen-bond donors (Lipinski definition) is 1. The summed E-state index contributed by atoms with van der Waals surface area (Å²) in [6, 6.07) is 2.71. The second-order valence-corrected chi connectivity index (χ2v) is 12.9. The second kappa shape index (κ2) is 8.56. The highest BCUT2D eigenvalue weighted by molar-refractivity contribution is 8.13. The van der Waals surface area contributed by atoms with Crippen LogP contribution in [-0.2, 0) is 21.0 Å². The normalized spacial score (nSPS) is 45.8. The Labute approximate surface area is 223 Å². The molecule has 6 rings (SSSR count). The Bertz CT molecular complexity index is 1250. The Kier molecular flexibility index (Phi) is 5.93. The second-order valence-electron chi connectivity index (χ2n) is 12.0. The van der Waals surface area contributed by atoms with Crippen molar-refractivity contribution in [2.75, 3.05) is 12.6 Å². The van der Waals surface area contributed by atoms with E-state index in [9.17, 15) is 19.1 Å². The molecule has 4 aliphatic carbocycles. The summed E-state index contributed by atoms with van der Waals surface area (Å²) in [6.45, 7) is 5.79. The molecule has 10 heteroatoms. The van der Waals surface area contributed by atoms with Crippen molar-refractivity contribution in [3.63, 3.8) is 0 Å². The fourth-order valence-electron chi connectivity index (χ4n) is 8.66. The first-order chi connectivity index (χ1) is 17.9. The van der Waals surface area contributed by atoms with Crippen molar-refractivity contribution < 1.29 is 37.1 Å². The first kappa shape index (κ1) is 26.3. The maximum Gasteiger partial charge on any atom is 0.226 e. The molecule has 0 unspecified atom stereocenters. The van der Waals surface area contributed by atoms with Crippen LogP contribution in [0.25, 0.3) is 0 Å². The van der Waals surface area contributed by atoms with Crippen LogP contribution >= 0.6 is 11.8 Å². The van der Waals surface area contributed by atoms with Crippen LogP contribution in [0.4, 0.5) is 13.2 Å². The van der Waals surface area contributed by atoms with E-state index in [1.807, 2.05) is 19.1 Å². The molecule has 4 fully saturated rings. The van der Waals surface area contributed by atoms with Gasteiger partial charge in [-0.3, -0.25) is 14.4 Å². The van der Waals surface area contributed by atoms with E-state index in [2.05, 4.69) is 0 Å². The van der Waals surface area contributed by atoms with Gasteiger partial charge in [0, 0.05) is 29.2 Å². The van der Waals surface area contributed by atoms with Gasteiger partial charge in [0.05, 0.1) is 12.6 Å². The molecular formula is C28H32F3NO5S. The first-order valence-corrected chi connectivity index (χ1v) is 14.1. The number of aryl methyl sites for hydroxylation is 1. The highest BCUT2D eigenvalue weighted by atomic mass is 32.2. The lowest BCUT2D eigenvalue weighted by Gasteiger charge is -2.63. The topological polar surface area (TPSA) is 80.0 Å². The van der Waals surface area contributed by atoms with Crippen molar-refractivity contribution >= 4 is 22.7 Å². The van der Waals surface area contributed by atoms with Crippen LogP contribution in [0.3, 0.4) is 0 Å². The number of alkyl halides is 3. The van der Waals surface area contributed by atoms with Crippen molar-refractivity contribution in [2.24, 2.45) is 28.6 Å². The van der Waals surface area contributed by atoms with Gasteiger partial charge in [-0.1, -0.05) is 24.8 Å². The van der Waals surface area contributed by atoms with E-state index in [-0.39, 0.29) is 25.0 Å². The zero-order valence-electron chi connectivity index (χ0n) is 21.6. The summed E-state index contributed by atoms with van der Waals surface area (Å²) in [6.07, 6.45) is 0.718. The standard InChI is InChI=1S/C28H32F3NO5S/c1-15-4-5-18(36-15)13-32-12-16-8-19-20-10-22(30)21-9-17(33)6-7-25(21,2)27(20,31)23(34)11-26(19,3)28(16,37-32)24(35)38-14-29/h4-7,9,16,19-20,22-23,34H,8,10-14H2,1-3H3/t16-,19-,20-,22-,23-,25-,26-,27-,28-/m0/s1. The Hall–Kier alpha value is -1.88. The quantitative estimate of drug-likeness (QED) is 0.576. The fraction of sp³-hybridized carbons (Fsp3) is 0.643. The van der Waals surface area contributed by atoms with Gasteiger partial charge in [0.2, 0.25) is 5.12 Å². The van der Waals surface area contributed by atoms with Crippen LogP contribution in [0.2, 0.25) is 0 Å². The van der Waals surface area contributed by atoms with Gasteiger partial charge in [0.25, 0.3) is 0 Å². The smallest absolute Gasteiger partial charge is 0.226 e. The summed E-state index contributed by atoms with van der Waals surface area (Å²) in [5.74, 6) is -0.850. The number of carbonyl (C=O) groups is 2. The average molecular weight is 552 g/mol. The number of thioether (sulfide) groups is 1. The molecular weight excluding hydrogens is 519 g/mol. The Morgan fingerprint density at radius 2 is 2.03 bits per heavy atom. The Morgan fingerprint density at radius 1 is 1.26 bits per heavy atom. The zero-order chi connectivity index (χ0) is 27.3. The zero-order valence-corrected chi connectivity index (χ0v) is 22.4. The third kappa shape index (κ3) is 3.20. The van der Waals surface area contributed by atoms with Crippen molar-refractivity contribution in [3.8, 4) is 0 Å². The fourth-order valence-corrected chi connectivity index (χ4v) is 9.41. The number of carbonyl (C=O) groups excluding carboxylic acids is 2. The summed E-state index contributed by atoms with van der Waals surface area (Å²) in [5, 5.41) is 12.7. The van der Waals surface area contributed by atoms with E-state index in [4.69, 9.17) is 9.25 Å². The molecule has 3 saturated carbocycles. The van der Waals surface area contributed by atoms with Crippen LogP contribution in [0, 0.1) is 35.5 Å². The van der Waals surface area contributed by atoms with Crippen LogP contribution in [0.5, 0.6) is 0 Å². The SMILES string of the molecule is Cc1ccc(CN2C[C@@H]3C[C@H]4[C@@H]5C[C@H](F)C6=CC(=O)C=C[C@]6(C)[C@@]5(F)[C@@H](O)C[C@]4(C)[C@]3(C(=O)SCF)O2)o1. The maximum absolute atomic E-state index is 17.4. The molecule has 1 aromatic rings. The van der Waals surface area contributed by atoms with E-state index < -0.39 is 69.0 Å². The van der Waals surface area contributed by atoms with Crippen molar-refractivity contribution in [2.45, 2.75) is 70.1 Å². The predicted octanol–water partition coefficient (Wildman–Crippen LogP) is 4.81. The number of ketones is 1. The van der Waals surface area contributed by atoms with E-state index in [1.54, 1.807) is 18.9 Å².